The van der Waals surface area contributed by atoms with Gasteiger partial charge in [0, 0.05) is 6.61 Å². The average molecular weight is 100 g/mol. The first-order chi connectivity index (χ1) is 2.91. The molecule has 1 nitrogen and oxygen atoms in total. The summed E-state index contributed by atoms with van der Waals surface area (Å²) < 4.78 is 0. The Morgan fingerprint density at radius 1 is 1.67 bits per heavy atom. The molecule has 6 heavy (non-hydrogen) atoms. The molecule has 0 unspecified atom stereocenters. The molecule has 0 saturated carbocycles. The Morgan fingerprint density at radius 2 is 2.33 bits per heavy atom. The van der Waals surface area contributed by atoms with Crippen molar-refractivity contribution in [3.05, 3.63) is 0 Å². The Labute approximate surface area is 40.1 Å². The minimum Gasteiger partial charge on any atom is -0.396 e. The van der Waals surface area contributed by atoms with Crippen molar-refractivity contribution >= 4 is 8.96 Å². The Hall–Kier alpha value is -0.0431. The van der Waals surface area contributed by atoms with Crippen LogP contribution in [0.3, 0.4) is 0 Å². The molecule has 0 amide bonds. The van der Waals surface area contributed by atoms with E-state index in [2.05, 4.69) is 0 Å². The summed E-state index contributed by atoms with van der Waals surface area (Å²) in [6.07, 6.45) is 0.856. The normalized spacial score (nSPS) is 7.33. The molecule has 0 atom stereocenters. The molecule has 1 N–H and O–H groups in total. The fourth-order valence-corrected chi connectivity index (χ4v) is 0.543. The van der Waals surface area contributed by atoms with Crippen LogP contribution in [0.15, 0.2) is 0 Å². The SMILES string of the molecule is C#[Si]CCCO. The molecule has 2 heteroatoms. The number of aliphatic hydroxyl groups is 1. The van der Waals surface area contributed by atoms with Crippen molar-refractivity contribution in [1.29, 1.82) is 0 Å². The van der Waals surface area contributed by atoms with Gasteiger partial charge >= 0.3 is 0 Å². The summed E-state index contributed by atoms with van der Waals surface area (Å²) in [6.45, 7) is 0.282. The highest BCUT2D eigenvalue weighted by Gasteiger charge is 1.72. The monoisotopic (exact) mass is 100 g/mol. The lowest BCUT2D eigenvalue weighted by atomic mass is 10.5. The average Bonchev–Trinajstić information content (AvgIpc) is 1.61. The topological polar surface area (TPSA) is 20.2 Å². The minimum absolute atomic E-state index is 0.282. The van der Waals surface area contributed by atoms with Gasteiger partial charge in [-0.05, 0) is 21.4 Å². The van der Waals surface area contributed by atoms with Gasteiger partial charge in [-0.1, -0.05) is 0 Å². The second-order valence-electron chi connectivity index (χ2n) is 1.03. The molecule has 0 aliphatic heterocycles. The van der Waals surface area contributed by atoms with E-state index in [1.165, 1.54) is 0 Å². The smallest absolute Gasteiger partial charge is 0.0435 e. The van der Waals surface area contributed by atoms with Gasteiger partial charge < -0.3 is 5.11 Å². The van der Waals surface area contributed by atoms with Crippen LogP contribution in [-0.4, -0.2) is 20.7 Å². The van der Waals surface area contributed by atoms with E-state index in [1.807, 2.05) is 0 Å². The zero-order valence-electron chi connectivity index (χ0n) is 3.65. The first kappa shape index (κ1) is 5.96. The largest absolute Gasteiger partial charge is 0.396 e. The van der Waals surface area contributed by atoms with Gasteiger partial charge in [-0.3, -0.25) is 0 Å². The van der Waals surface area contributed by atoms with Crippen LogP contribution in [0.5, 0.6) is 0 Å². The molecule has 0 saturated heterocycles. The predicted octanol–water partition coefficient (Wildman–Crippen LogP) is 0.0803. The molecule has 0 aliphatic rings. The quantitative estimate of drug-likeness (QED) is 0.385. The van der Waals surface area contributed by atoms with Crippen LogP contribution in [0.1, 0.15) is 6.42 Å². The van der Waals surface area contributed by atoms with Gasteiger partial charge in [0.15, 0.2) is 0 Å². The third-order valence-electron chi connectivity index (χ3n) is 0.479. The molecule has 0 spiro atoms. The highest BCUT2D eigenvalue weighted by atomic mass is 28.2. The highest BCUT2D eigenvalue weighted by molar-refractivity contribution is 6.21. The van der Waals surface area contributed by atoms with Crippen LogP contribution in [0.25, 0.3) is 0 Å². The zero-order valence-corrected chi connectivity index (χ0v) is 4.65. The Kier molecular flexibility index (Phi) is 4.92. The van der Waals surface area contributed by atoms with E-state index in [9.17, 15) is 0 Å². The molecular weight excluding hydrogens is 92.1 g/mol. The minimum atomic E-state index is 0.282. The lowest BCUT2D eigenvalue weighted by molar-refractivity contribution is 0.295. The van der Waals surface area contributed by atoms with Crippen molar-refractivity contribution in [2.45, 2.75) is 12.5 Å². The van der Waals surface area contributed by atoms with E-state index in [1.54, 1.807) is 0 Å². The zero-order chi connectivity index (χ0) is 4.83. The van der Waals surface area contributed by atoms with Gasteiger partial charge in [0.25, 0.3) is 0 Å². The lowest BCUT2D eigenvalue weighted by Crippen LogP contribution is -1.79. The van der Waals surface area contributed by atoms with Crippen molar-refractivity contribution in [2.75, 3.05) is 6.61 Å². The first-order valence-corrected chi connectivity index (χ1v) is 3.24. The van der Waals surface area contributed by atoms with Crippen LogP contribution in [0.2, 0.25) is 6.04 Å². The van der Waals surface area contributed by atoms with Crippen molar-refractivity contribution in [1.82, 2.24) is 0 Å². The number of aliphatic hydroxyl groups excluding tert-OH is 1. The summed E-state index contributed by atoms with van der Waals surface area (Å²) >= 11 is 0. The van der Waals surface area contributed by atoms with E-state index in [0.29, 0.717) is 8.96 Å². The number of rotatable bonds is 2. The van der Waals surface area contributed by atoms with Crippen LogP contribution in [-0.2, 0) is 0 Å². The number of hydrogen-bond donors (Lipinski definition) is 1. The summed E-state index contributed by atoms with van der Waals surface area (Å²) in [6, 6.07) is 6.10. The summed E-state index contributed by atoms with van der Waals surface area (Å²) in [7, 11) is 0.505. The third-order valence-corrected chi connectivity index (χ3v) is 1.12. The predicted molar refractivity (Wildman–Crippen MR) is 27.2 cm³/mol. The van der Waals surface area contributed by atoms with Crippen LogP contribution in [0, 0.1) is 6.00 Å². The molecule has 0 fully saturated rings. The molecule has 0 aromatic heterocycles. The number of hydrogen-bond acceptors (Lipinski definition) is 1. The summed E-state index contributed by atoms with van der Waals surface area (Å²) in [5.41, 5.74) is 0. The van der Waals surface area contributed by atoms with Crippen molar-refractivity contribution in [3.63, 3.8) is 0 Å². The summed E-state index contributed by atoms with van der Waals surface area (Å²) in [5.74, 6) is 0. The standard InChI is InChI=1S/C4H8OSi/c1-6-4-2-3-5/h1,5H,2-4H2. The van der Waals surface area contributed by atoms with Gasteiger partial charge in [-0.25, -0.2) is 0 Å². The van der Waals surface area contributed by atoms with E-state index in [-0.39, 0.29) is 6.61 Å². The van der Waals surface area contributed by atoms with Crippen LogP contribution in [0.4, 0.5) is 0 Å². The van der Waals surface area contributed by atoms with Gasteiger partial charge in [0.2, 0.25) is 0 Å². The van der Waals surface area contributed by atoms with Crippen LogP contribution < -0.4 is 0 Å². The van der Waals surface area contributed by atoms with Gasteiger partial charge in [0.05, 0.1) is 0 Å². The maximum Gasteiger partial charge on any atom is 0.0435 e. The molecule has 0 radical (unpaired) electrons. The first-order valence-electron chi connectivity index (χ1n) is 1.96. The molecule has 0 heterocycles. The Balaban J connectivity index is 2.54. The maximum atomic E-state index is 8.15. The fourth-order valence-electron chi connectivity index (χ4n) is 0.181. The van der Waals surface area contributed by atoms with E-state index in [4.69, 9.17) is 11.1 Å². The lowest BCUT2D eigenvalue weighted by Gasteiger charge is -1.79. The van der Waals surface area contributed by atoms with Crippen molar-refractivity contribution in [2.24, 2.45) is 0 Å². The Bertz CT molecular complexity index is 55.1. The molecule has 34 valence electrons. The van der Waals surface area contributed by atoms with Gasteiger partial charge in [0.1, 0.15) is 0 Å². The molecule has 0 aromatic rings. The van der Waals surface area contributed by atoms with Crippen molar-refractivity contribution < 1.29 is 5.11 Å². The summed E-state index contributed by atoms with van der Waals surface area (Å²) in [5, 5.41) is 8.15. The van der Waals surface area contributed by atoms with E-state index >= 15 is 0 Å². The molecule has 0 aliphatic carbocycles. The second kappa shape index (κ2) is 4.96. The molecule has 0 bridgehead atoms. The van der Waals surface area contributed by atoms with Gasteiger partial charge in [-0.15, -0.1) is 0 Å². The van der Waals surface area contributed by atoms with Crippen LogP contribution >= 0.6 is 0 Å². The van der Waals surface area contributed by atoms with E-state index < -0.39 is 0 Å². The molecule has 0 rings (SSSR count). The maximum absolute atomic E-state index is 8.15. The summed E-state index contributed by atoms with van der Waals surface area (Å²) in [4.78, 5) is 0. The van der Waals surface area contributed by atoms with E-state index in [0.717, 1.165) is 12.5 Å². The Morgan fingerprint density at radius 3 is 2.50 bits per heavy atom. The highest BCUT2D eigenvalue weighted by Crippen LogP contribution is 1.77. The fraction of sp³-hybridized carbons (Fsp3) is 0.750. The molecular formula is C4H8OSi. The van der Waals surface area contributed by atoms with Gasteiger partial charge in [-0.2, -0.15) is 6.00 Å². The molecule has 0 aromatic carbocycles. The third kappa shape index (κ3) is 3.96. The second-order valence-corrected chi connectivity index (χ2v) is 1.94. The van der Waals surface area contributed by atoms with Crippen molar-refractivity contribution in [3.8, 4) is 6.00 Å².